The maximum absolute atomic E-state index is 13.2. The van der Waals surface area contributed by atoms with E-state index in [0.29, 0.717) is 19.2 Å². The molecule has 0 aliphatic carbocycles. The van der Waals surface area contributed by atoms with Gasteiger partial charge >= 0.3 is 0 Å². The number of ether oxygens (including phenoxy) is 1. The molecular formula is C13H19F2NO. The lowest BCUT2D eigenvalue weighted by Crippen LogP contribution is -2.30. The van der Waals surface area contributed by atoms with Gasteiger partial charge in [0.2, 0.25) is 5.82 Å². The molecular weight excluding hydrogens is 224 g/mol. The van der Waals surface area contributed by atoms with Gasteiger partial charge in [0.05, 0.1) is 0 Å². The molecule has 1 N–H and O–H groups in total. The van der Waals surface area contributed by atoms with Crippen LogP contribution >= 0.6 is 0 Å². The molecule has 0 amide bonds. The summed E-state index contributed by atoms with van der Waals surface area (Å²) in [5.74, 6) is -1.83. The van der Waals surface area contributed by atoms with Gasteiger partial charge in [-0.2, -0.15) is 4.39 Å². The number of halogens is 2. The van der Waals surface area contributed by atoms with Crippen molar-refractivity contribution < 1.29 is 13.5 Å². The fourth-order valence-corrected chi connectivity index (χ4v) is 1.60. The van der Waals surface area contributed by atoms with E-state index in [4.69, 9.17) is 4.74 Å². The van der Waals surface area contributed by atoms with Gasteiger partial charge in [0.25, 0.3) is 0 Å². The van der Waals surface area contributed by atoms with E-state index in [1.165, 1.54) is 12.1 Å². The van der Waals surface area contributed by atoms with Crippen molar-refractivity contribution in [2.75, 3.05) is 13.2 Å². The Bertz CT molecular complexity index is 344. The van der Waals surface area contributed by atoms with Gasteiger partial charge in [0, 0.05) is 12.6 Å². The van der Waals surface area contributed by atoms with Crippen LogP contribution in [0, 0.1) is 11.6 Å². The van der Waals surface area contributed by atoms with Gasteiger partial charge in [-0.3, -0.25) is 0 Å². The van der Waals surface area contributed by atoms with Crippen molar-refractivity contribution in [1.82, 2.24) is 5.32 Å². The quantitative estimate of drug-likeness (QED) is 0.743. The van der Waals surface area contributed by atoms with Crippen LogP contribution in [0.2, 0.25) is 0 Å². The van der Waals surface area contributed by atoms with Crippen molar-refractivity contribution in [2.45, 2.75) is 32.7 Å². The topological polar surface area (TPSA) is 21.3 Å². The molecule has 1 rings (SSSR count). The normalized spacial score (nSPS) is 12.5. The van der Waals surface area contributed by atoms with E-state index in [2.05, 4.69) is 19.2 Å². The summed E-state index contributed by atoms with van der Waals surface area (Å²) in [6, 6.07) is 4.35. The summed E-state index contributed by atoms with van der Waals surface area (Å²) >= 11 is 0. The average molecular weight is 243 g/mol. The fourth-order valence-electron chi connectivity index (χ4n) is 1.60. The summed E-state index contributed by atoms with van der Waals surface area (Å²) in [7, 11) is 0. The Morgan fingerprint density at radius 2 is 2.12 bits per heavy atom. The second-order valence-electron chi connectivity index (χ2n) is 4.04. The first-order valence-corrected chi connectivity index (χ1v) is 5.95. The summed E-state index contributed by atoms with van der Waals surface area (Å²) in [4.78, 5) is 0. The summed E-state index contributed by atoms with van der Waals surface area (Å²) < 4.78 is 31.2. The van der Waals surface area contributed by atoms with Crippen molar-refractivity contribution in [3.05, 3.63) is 29.8 Å². The molecule has 17 heavy (non-hydrogen) atoms. The molecule has 0 fully saturated rings. The maximum Gasteiger partial charge on any atom is 0.200 e. The molecule has 1 unspecified atom stereocenters. The molecule has 1 aromatic carbocycles. The Morgan fingerprint density at radius 3 is 2.82 bits per heavy atom. The summed E-state index contributed by atoms with van der Waals surface area (Å²) in [6.45, 7) is 5.16. The van der Waals surface area contributed by atoms with Crippen LogP contribution in [0.25, 0.3) is 0 Å². The van der Waals surface area contributed by atoms with Crippen molar-refractivity contribution >= 4 is 0 Å². The van der Waals surface area contributed by atoms with Crippen LogP contribution in [0.4, 0.5) is 8.78 Å². The van der Waals surface area contributed by atoms with E-state index in [-0.39, 0.29) is 5.75 Å². The summed E-state index contributed by atoms with van der Waals surface area (Å²) in [5.41, 5.74) is 0. The highest BCUT2D eigenvalue weighted by Gasteiger charge is 2.08. The van der Waals surface area contributed by atoms with Crippen molar-refractivity contribution in [1.29, 1.82) is 0 Å². The molecule has 1 aromatic rings. The third-order valence-electron chi connectivity index (χ3n) is 2.49. The minimum atomic E-state index is -0.922. The first kappa shape index (κ1) is 13.9. The summed E-state index contributed by atoms with van der Waals surface area (Å²) in [5, 5.41) is 3.25. The molecule has 0 aromatic heterocycles. The van der Waals surface area contributed by atoms with Gasteiger partial charge in [0.1, 0.15) is 6.61 Å². The second-order valence-corrected chi connectivity index (χ2v) is 4.04. The lowest BCUT2D eigenvalue weighted by molar-refractivity contribution is 0.286. The molecule has 4 heteroatoms. The Hall–Kier alpha value is -1.16. The number of benzene rings is 1. The van der Waals surface area contributed by atoms with Gasteiger partial charge in [-0.15, -0.1) is 0 Å². The van der Waals surface area contributed by atoms with E-state index < -0.39 is 11.6 Å². The lowest BCUT2D eigenvalue weighted by Gasteiger charge is -2.13. The number of hydrogen-bond donors (Lipinski definition) is 1. The van der Waals surface area contributed by atoms with Crippen LogP contribution in [0.3, 0.4) is 0 Å². The highest BCUT2D eigenvalue weighted by molar-refractivity contribution is 5.24. The molecule has 0 radical (unpaired) electrons. The van der Waals surface area contributed by atoms with Gasteiger partial charge in [-0.25, -0.2) is 4.39 Å². The fraction of sp³-hybridized carbons (Fsp3) is 0.538. The van der Waals surface area contributed by atoms with Crippen LogP contribution < -0.4 is 10.1 Å². The Labute approximate surface area is 101 Å². The Morgan fingerprint density at radius 1 is 1.35 bits per heavy atom. The number of rotatable bonds is 7. The average Bonchev–Trinajstić information content (AvgIpc) is 2.30. The van der Waals surface area contributed by atoms with Crippen LogP contribution in [0.5, 0.6) is 5.75 Å². The molecule has 0 aliphatic rings. The van der Waals surface area contributed by atoms with E-state index >= 15 is 0 Å². The number of hydrogen-bond acceptors (Lipinski definition) is 2. The zero-order valence-electron chi connectivity index (χ0n) is 10.3. The lowest BCUT2D eigenvalue weighted by atomic mass is 10.2. The van der Waals surface area contributed by atoms with Gasteiger partial charge in [0.15, 0.2) is 11.6 Å². The standard InChI is InChI=1S/C13H19F2NO/c1-3-5-10(2)16-8-9-17-12-7-4-6-11(14)13(12)15/h4,6-7,10,16H,3,5,8-9H2,1-2H3. The predicted octanol–water partition coefficient (Wildman–Crippen LogP) is 3.12. The maximum atomic E-state index is 13.2. The molecule has 0 heterocycles. The molecule has 0 saturated heterocycles. The van der Waals surface area contributed by atoms with E-state index in [0.717, 1.165) is 18.9 Å². The SMILES string of the molecule is CCCC(C)NCCOc1cccc(F)c1F. The predicted molar refractivity (Wildman–Crippen MR) is 64.2 cm³/mol. The number of nitrogens with one attached hydrogen (secondary N) is 1. The van der Waals surface area contributed by atoms with Crippen LogP contribution in [-0.2, 0) is 0 Å². The van der Waals surface area contributed by atoms with Gasteiger partial charge in [-0.05, 0) is 25.5 Å². The van der Waals surface area contributed by atoms with E-state index in [1.54, 1.807) is 0 Å². The first-order valence-electron chi connectivity index (χ1n) is 5.95. The van der Waals surface area contributed by atoms with Gasteiger partial charge in [-0.1, -0.05) is 19.4 Å². The van der Waals surface area contributed by atoms with Crippen LogP contribution in [-0.4, -0.2) is 19.2 Å². The zero-order valence-corrected chi connectivity index (χ0v) is 10.3. The van der Waals surface area contributed by atoms with Crippen molar-refractivity contribution in [3.63, 3.8) is 0 Å². The highest BCUT2D eigenvalue weighted by Crippen LogP contribution is 2.18. The van der Waals surface area contributed by atoms with Crippen molar-refractivity contribution in [3.8, 4) is 5.75 Å². The first-order chi connectivity index (χ1) is 8.15. The Balaban J connectivity index is 2.29. The third-order valence-corrected chi connectivity index (χ3v) is 2.49. The van der Waals surface area contributed by atoms with Crippen molar-refractivity contribution in [2.24, 2.45) is 0 Å². The third kappa shape index (κ3) is 4.69. The van der Waals surface area contributed by atoms with E-state index in [1.807, 2.05) is 0 Å². The minimum absolute atomic E-state index is 0.0325. The van der Waals surface area contributed by atoms with E-state index in [9.17, 15) is 8.78 Å². The molecule has 0 saturated carbocycles. The second kappa shape index (κ2) is 7.22. The largest absolute Gasteiger partial charge is 0.489 e. The molecule has 1 atom stereocenters. The molecule has 0 spiro atoms. The minimum Gasteiger partial charge on any atom is -0.489 e. The highest BCUT2D eigenvalue weighted by atomic mass is 19.2. The zero-order chi connectivity index (χ0) is 12.7. The van der Waals surface area contributed by atoms with Gasteiger partial charge < -0.3 is 10.1 Å². The molecule has 96 valence electrons. The van der Waals surface area contributed by atoms with Crippen LogP contribution in [0.1, 0.15) is 26.7 Å². The van der Waals surface area contributed by atoms with Crippen LogP contribution in [0.15, 0.2) is 18.2 Å². The summed E-state index contributed by atoms with van der Waals surface area (Å²) in [6.07, 6.45) is 2.21. The smallest absolute Gasteiger partial charge is 0.200 e. The Kier molecular flexibility index (Phi) is 5.91. The monoisotopic (exact) mass is 243 g/mol. The molecule has 2 nitrogen and oxygen atoms in total. The molecule has 0 aliphatic heterocycles. The molecule has 0 bridgehead atoms.